The second-order valence-electron chi connectivity index (χ2n) is 4.89. The maximum atomic E-state index is 11.8. The minimum atomic E-state index is -0.181. The van der Waals surface area contributed by atoms with E-state index in [4.69, 9.17) is 4.74 Å². The lowest BCUT2D eigenvalue weighted by atomic mass is 9.95. The van der Waals surface area contributed by atoms with Gasteiger partial charge < -0.3 is 14.8 Å². The third-order valence-electron chi connectivity index (χ3n) is 3.46. The number of nitrogens with one attached hydrogen (secondary N) is 1. The molecule has 0 aliphatic heterocycles. The van der Waals surface area contributed by atoms with Crippen LogP contribution in [0.15, 0.2) is 16.2 Å². The summed E-state index contributed by atoms with van der Waals surface area (Å²) in [5.74, 6) is 0.571. The van der Waals surface area contributed by atoms with Crippen molar-refractivity contribution in [2.45, 2.75) is 44.5 Å². The number of aliphatic hydroxyl groups is 1. The van der Waals surface area contributed by atoms with Gasteiger partial charge in [-0.05, 0) is 37.1 Å². The number of nitrogens with zero attached hydrogens (tertiary/aromatic N) is 1. The molecule has 0 aromatic carbocycles. The van der Waals surface area contributed by atoms with Crippen molar-refractivity contribution in [3.63, 3.8) is 0 Å². The summed E-state index contributed by atoms with van der Waals surface area (Å²) >= 11 is 1.39. The van der Waals surface area contributed by atoms with Gasteiger partial charge in [0.25, 0.3) is 5.56 Å². The maximum Gasteiger partial charge on any atom is 0.268 e. The van der Waals surface area contributed by atoms with E-state index < -0.39 is 0 Å². The molecule has 2 aromatic heterocycles. The van der Waals surface area contributed by atoms with Gasteiger partial charge >= 0.3 is 0 Å². The van der Waals surface area contributed by atoms with E-state index in [9.17, 15) is 9.90 Å². The molecule has 19 heavy (non-hydrogen) atoms. The van der Waals surface area contributed by atoms with Gasteiger partial charge in [-0.15, -0.1) is 11.3 Å². The van der Waals surface area contributed by atoms with Crippen LogP contribution >= 0.6 is 11.3 Å². The zero-order valence-corrected chi connectivity index (χ0v) is 11.3. The molecule has 2 N–H and O–H groups in total. The first-order valence-electron chi connectivity index (χ1n) is 6.48. The van der Waals surface area contributed by atoms with E-state index in [1.165, 1.54) is 11.3 Å². The number of H-pyrrole nitrogens is 1. The number of hydrogen-bond donors (Lipinski definition) is 2. The molecule has 0 radical (unpaired) electrons. The van der Waals surface area contributed by atoms with E-state index in [2.05, 4.69) is 9.97 Å². The Morgan fingerprint density at radius 2 is 2.21 bits per heavy atom. The normalized spacial score (nSPS) is 23.8. The minimum absolute atomic E-state index is 0.0994. The van der Waals surface area contributed by atoms with Crippen molar-refractivity contribution in [3.8, 4) is 0 Å². The van der Waals surface area contributed by atoms with Crippen LogP contribution in [0.3, 0.4) is 0 Å². The lowest BCUT2D eigenvalue weighted by Gasteiger charge is -2.25. The molecule has 1 aliphatic rings. The van der Waals surface area contributed by atoms with E-state index in [0.29, 0.717) is 17.1 Å². The van der Waals surface area contributed by atoms with Crippen LogP contribution in [0.25, 0.3) is 10.2 Å². The molecule has 1 fully saturated rings. The molecule has 102 valence electrons. The molecule has 6 heteroatoms. The van der Waals surface area contributed by atoms with Crippen LogP contribution in [-0.2, 0) is 11.3 Å². The highest BCUT2D eigenvalue weighted by Gasteiger charge is 2.20. The summed E-state index contributed by atoms with van der Waals surface area (Å²) in [5.41, 5.74) is 0.629. The molecule has 0 atom stereocenters. The lowest BCUT2D eigenvalue weighted by Crippen LogP contribution is -2.24. The monoisotopic (exact) mass is 280 g/mol. The Labute approximate surface area is 114 Å². The van der Waals surface area contributed by atoms with E-state index in [-0.39, 0.29) is 17.8 Å². The average Bonchev–Trinajstić information content (AvgIpc) is 2.87. The number of aromatic amines is 1. The molecule has 0 amide bonds. The first-order valence-corrected chi connectivity index (χ1v) is 7.36. The number of thiophene rings is 1. The SMILES string of the molecule is O=c1[nH]c(COC2CCC(O)CC2)nc2ccsc12. The average molecular weight is 280 g/mol. The van der Waals surface area contributed by atoms with Gasteiger partial charge in [0.1, 0.15) is 17.1 Å². The highest BCUT2D eigenvalue weighted by Crippen LogP contribution is 2.22. The molecule has 0 bridgehead atoms. The second-order valence-corrected chi connectivity index (χ2v) is 5.81. The van der Waals surface area contributed by atoms with Crippen molar-refractivity contribution < 1.29 is 9.84 Å². The smallest absolute Gasteiger partial charge is 0.268 e. The van der Waals surface area contributed by atoms with E-state index in [1.54, 1.807) is 0 Å². The molecule has 0 saturated heterocycles. The van der Waals surface area contributed by atoms with Gasteiger partial charge in [0.05, 0.1) is 17.7 Å². The largest absolute Gasteiger partial charge is 0.393 e. The Hall–Kier alpha value is -1.24. The maximum absolute atomic E-state index is 11.8. The summed E-state index contributed by atoms with van der Waals surface area (Å²) in [5, 5.41) is 11.3. The van der Waals surface area contributed by atoms with Gasteiger partial charge in [-0.25, -0.2) is 4.98 Å². The number of fused-ring (bicyclic) bond motifs is 1. The zero-order chi connectivity index (χ0) is 13.2. The van der Waals surface area contributed by atoms with Gasteiger partial charge in [0, 0.05) is 0 Å². The summed E-state index contributed by atoms with van der Waals surface area (Å²) < 4.78 is 6.41. The molecule has 3 rings (SSSR count). The lowest BCUT2D eigenvalue weighted by molar-refractivity contribution is -0.0141. The van der Waals surface area contributed by atoms with Crippen molar-refractivity contribution in [1.82, 2.24) is 9.97 Å². The Morgan fingerprint density at radius 1 is 1.42 bits per heavy atom. The fourth-order valence-corrected chi connectivity index (χ4v) is 3.12. The minimum Gasteiger partial charge on any atom is -0.393 e. The van der Waals surface area contributed by atoms with Crippen molar-refractivity contribution in [2.75, 3.05) is 0 Å². The number of hydrogen-bond acceptors (Lipinski definition) is 5. The topological polar surface area (TPSA) is 75.2 Å². The fourth-order valence-electron chi connectivity index (χ4n) is 2.40. The zero-order valence-electron chi connectivity index (χ0n) is 10.5. The van der Waals surface area contributed by atoms with Crippen LogP contribution in [0.4, 0.5) is 0 Å². The van der Waals surface area contributed by atoms with E-state index in [0.717, 1.165) is 31.2 Å². The first-order chi connectivity index (χ1) is 9.22. The summed E-state index contributed by atoms with van der Waals surface area (Å²) in [6.07, 6.45) is 3.29. The Bertz CT molecular complexity index is 614. The summed E-state index contributed by atoms with van der Waals surface area (Å²) in [7, 11) is 0. The standard InChI is InChI=1S/C13H16N2O3S/c16-8-1-3-9(4-2-8)18-7-11-14-10-5-6-19-12(10)13(17)15-11/h5-6,8-9,16H,1-4,7H2,(H,14,15,17). The Kier molecular flexibility index (Phi) is 3.63. The van der Waals surface area contributed by atoms with Crippen LogP contribution < -0.4 is 5.56 Å². The molecule has 2 aromatic rings. The number of rotatable bonds is 3. The molecular formula is C13H16N2O3S. The van der Waals surface area contributed by atoms with Gasteiger partial charge in [0.2, 0.25) is 0 Å². The quantitative estimate of drug-likeness (QED) is 0.899. The predicted octanol–water partition coefficient (Wildman–Crippen LogP) is 1.80. The highest BCUT2D eigenvalue weighted by atomic mass is 32.1. The molecule has 1 saturated carbocycles. The highest BCUT2D eigenvalue weighted by molar-refractivity contribution is 7.17. The second kappa shape index (κ2) is 5.40. The molecule has 1 aliphatic carbocycles. The number of aliphatic hydroxyl groups excluding tert-OH is 1. The Balaban J connectivity index is 1.66. The van der Waals surface area contributed by atoms with Crippen LogP contribution in [0.5, 0.6) is 0 Å². The number of aromatic nitrogens is 2. The van der Waals surface area contributed by atoms with E-state index >= 15 is 0 Å². The predicted molar refractivity (Wildman–Crippen MR) is 73.3 cm³/mol. The van der Waals surface area contributed by atoms with Crippen molar-refractivity contribution in [1.29, 1.82) is 0 Å². The van der Waals surface area contributed by atoms with Crippen molar-refractivity contribution in [2.24, 2.45) is 0 Å². The summed E-state index contributed by atoms with van der Waals surface area (Å²) in [6.45, 7) is 0.321. The molecule has 5 nitrogen and oxygen atoms in total. The van der Waals surface area contributed by atoms with Crippen LogP contribution in [0.1, 0.15) is 31.5 Å². The van der Waals surface area contributed by atoms with Crippen LogP contribution in [0.2, 0.25) is 0 Å². The van der Waals surface area contributed by atoms with Gasteiger partial charge in [0.15, 0.2) is 0 Å². The van der Waals surface area contributed by atoms with Crippen LogP contribution in [0, 0.1) is 0 Å². The third-order valence-corrected chi connectivity index (χ3v) is 4.37. The summed E-state index contributed by atoms with van der Waals surface area (Å²) in [4.78, 5) is 18.9. The van der Waals surface area contributed by atoms with Gasteiger partial charge in [-0.1, -0.05) is 0 Å². The van der Waals surface area contributed by atoms with Crippen LogP contribution in [-0.4, -0.2) is 27.3 Å². The number of ether oxygens (including phenoxy) is 1. The molecule has 2 heterocycles. The first kappa shape index (κ1) is 12.8. The fraction of sp³-hybridized carbons (Fsp3) is 0.538. The van der Waals surface area contributed by atoms with Crippen molar-refractivity contribution in [3.05, 3.63) is 27.6 Å². The Morgan fingerprint density at radius 3 is 3.00 bits per heavy atom. The molecule has 0 spiro atoms. The van der Waals surface area contributed by atoms with Gasteiger partial charge in [-0.2, -0.15) is 0 Å². The van der Waals surface area contributed by atoms with E-state index in [1.807, 2.05) is 11.4 Å². The molecular weight excluding hydrogens is 264 g/mol. The summed E-state index contributed by atoms with van der Waals surface area (Å²) in [6, 6.07) is 1.84. The third kappa shape index (κ3) is 2.86. The van der Waals surface area contributed by atoms with Gasteiger partial charge in [-0.3, -0.25) is 4.79 Å². The molecule has 0 unspecified atom stereocenters. The van der Waals surface area contributed by atoms with Crippen molar-refractivity contribution >= 4 is 21.6 Å².